The predicted molar refractivity (Wildman–Crippen MR) is 111 cm³/mol. The normalized spacial score (nSPS) is 14.2. The highest BCUT2D eigenvalue weighted by molar-refractivity contribution is 5.79. The van der Waals surface area contributed by atoms with Gasteiger partial charge < -0.3 is 25.2 Å². The van der Waals surface area contributed by atoms with Crippen LogP contribution in [0, 0.1) is 5.92 Å². The van der Waals surface area contributed by atoms with Crippen molar-refractivity contribution in [2.45, 2.75) is 46.3 Å². The number of rotatable bonds is 13. The first-order valence-corrected chi connectivity index (χ1v) is 9.97. The summed E-state index contributed by atoms with van der Waals surface area (Å²) in [6.07, 6.45) is 0.380. The third-order valence-electron chi connectivity index (χ3n) is 3.82. The fraction of sp³-hybridized carbons (Fsp3) is 0.667. The molecule has 2 unspecified atom stereocenters. The highest BCUT2D eigenvalue weighted by Crippen LogP contribution is 2.15. The Morgan fingerprint density at radius 1 is 1.11 bits per heavy atom. The number of nitrogens with zero attached hydrogens (tertiary/aromatic N) is 1. The van der Waals surface area contributed by atoms with Crippen LogP contribution in [-0.2, 0) is 9.47 Å². The molecule has 0 amide bonds. The number of aliphatic hydroxyl groups excluding tert-OH is 1. The molecular weight excluding hydrogens is 342 g/mol. The molecule has 154 valence electrons. The number of hydrogen-bond acceptors (Lipinski definition) is 4. The SMILES string of the molecule is CCNC(=NCC(O)COCC(C)C)NCCCOC(C)c1ccccc1. The first-order chi connectivity index (χ1) is 13.0. The van der Waals surface area contributed by atoms with Gasteiger partial charge in [0.05, 0.1) is 25.4 Å². The van der Waals surface area contributed by atoms with Gasteiger partial charge in [-0.3, -0.25) is 4.99 Å². The smallest absolute Gasteiger partial charge is 0.191 e. The third-order valence-corrected chi connectivity index (χ3v) is 3.82. The largest absolute Gasteiger partial charge is 0.389 e. The summed E-state index contributed by atoms with van der Waals surface area (Å²) in [5, 5.41) is 16.4. The number of aliphatic hydroxyl groups is 1. The minimum atomic E-state index is -0.589. The molecule has 0 radical (unpaired) electrons. The van der Waals surface area contributed by atoms with Crippen molar-refractivity contribution >= 4 is 5.96 Å². The molecule has 2 atom stereocenters. The van der Waals surface area contributed by atoms with Gasteiger partial charge in [0.1, 0.15) is 0 Å². The van der Waals surface area contributed by atoms with E-state index in [2.05, 4.69) is 48.5 Å². The van der Waals surface area contributed by atoms with Crippen LogP contribution in [0.4, 0.5) is 0 Å². The Balaban J connectivity index is 2.23. The molecule has 0 saturated carbocycles. The van der Waals surface area contributed by atoms with Gasteiger partial charge in [-0.05, 0) is 31.7 Å². The molecule has 0 heterocycles. The van der Waals surface area contributed by atoms with Crippen molar-refractivity contribution in [3.8, 4) is 0 Å². The molecule has 6 heteroatoms. The van der Waals surface area contributed by atoms with Gasteiger partial charge in [-0.2, -0.15) is 0 Å². The molecule has 0 spiro atoms. The van der Waals surface area contributed by atoms with Gasteiger partial charge in [-0.25, -0.2) is 0 Å². The topological polar surface area (TPSA) is 75.1 Å². The van der Waals surface area contributed by atoms with Crippen LogP contribution >= 0.6 is 0 Å². The molecule has 0 fully saturated rings. The molecule has 0 bridgehead atoms. The van der Waals surface area contributed by atoms with Crippen LogP contribution in [-0.4, -0.2) is 56.6 Å². The second-order valence-electron chi connectivity index (χ2n) is 7.01. The minimum absolute atomic E-state index is 0.0918. The van der Waals surface area contributed by atoms with E-state index in [9.17, 15) is 5.11 Å². The summed E-state index contributed by atoms with van der Waals surface area (Å²) in [6.45, 7) is 11.7. The standard InChI is InChI=1S/C21H37N3O3/c1-5-22-21(24-14-20(25)16-26-15-17(2)3)23-12-9-13-27-18(4)19-10-7-6-8-11-19/h6-8,10-11,17-18,20,25H,5,9,12-16H2,1-4H3,(H2,22,23,24). The second kappa shape index (κ2) is 14.4. The number of nitrogens with one attached hydrogen (secondary N) is 2. The van der Waals surface area contributed by atoms with Crippen molar-refractivity contribution in [1.82, 2.24) is 10.6 Å². The third kappa shape index (κ3) is 11.6. The van der Waals surface area contributed by atoms with E-state index < -0.39 is 6.10 Å². The van der Waals surface area contributed by atoms with Crippen LogP contribution in [0.2, 0.25) is 0 Å². The fourth-order valence-electron chi connectivity index (χ4n) is 2.39. The molecule has 0 aromatic heterocycles. The first-order valence-electron chi connectivity index (χ1n) is 9.97. The maximum atomic E-state index is 9.95. The molecule has 27 heavy (non-hydrogen) atoms. The summed E-state index contributed by atoms with van der Waals surface area (Å²) in [4.78, 5) is 4.42. The lowest BCUT2D eigenvalue weighted by Gasteiger charge is -2.15. The van der Waals surface area contributed by atoms with Gasteiger partial charge in [-0.15, -0.1) is 0 Å². The molecule has 3 N–H and O–H groups in total. The number of ether oxygens (including phenoxy) is 2. The van der Waals surface area contributed by atoms with E-state index in [0.717, 1.165) is 19.5 Å². The van der Waals surface area contributed by atoms with Crippen LogP contribution in [0.15, 0.2) is 35.3 Å². The average molecular weight is 380 g/mol. The highest BCUT2D eigenvalue weighted by atomic mass is 16.5. The highest BCUT2D eigenvalue weighted by Gasteiger charge is 2.06. The lowest BCUT2D eigenvalue weighted by molar-refractivity contribution is 0.0301. The molecular formula is C21H37N3O3. The van der Waals surface area contributed by atoms with Gasteiger partial charge in [0.15, 0.2) is 5.96 Å². The summed E-state index contributed by atoms with van der Waals surface area (Å²) >= 11 is 0. The van der Waals surface area contributed by atoms with Crippen molar-refractivity contribution in [2.75, 3.05) is 39.5 Å². The number of aliphatic imine (C=N–C) groups is 1. The Bertz CT molecular complexity index is 509. The Morgan fingerprint density at radius 3 is 2.52 bits per heavy atom. The summed E-state index contributed by atoms with van der Waals surface area (Å²) in [7, 11) is 0. The van der Waals surface area contributed by atoms with Crippen LogP contribution in [0.5, 0.6) is 0 Å². The van der Waals surface area contributed by atoms with E-state index in [1.54, 1.807) is 0 Å². The first kappa shape index (κ1) is 23.4. The molecule has 1 aromatic rings. The van der Waals surface area contributed by atoms with Crippen molar-refractivity contribution in [1.29, 1.82) is 0 Å². The van der Waals surface area contributed by atoms with E-state index >= 15 is 0 Å². The second-order valence-corrected chi connectivity index (χ2v) is 7.01. The maximum Gasteiger partial charge on any atom is 0.191 e. The zero-order valence-electron chi connectivity index (χ0n) is 17.3. The monoisotopic (exact) mass is 379 g/mol. The van der Waals surface area contributed by atoms with E-state index in [1.165, 1.54) is 5.56 Å². The Kier molecular flexibility index (Phi) is 12.5. The zero-order chi connectivity index (χ0) is 19.9. The lowest BCUT2D eigenvalue weighted by atomic mass is 10.1. The van der Waals surface area contributed by atoms with E-state index in [0.29, 0.717) is 38.2 Å². The molecule has 0 aliphatic heterocycles. The van der Waals surface area contributed by atoms with Gasteiger partial charge in [0.25, 0.3) is 0 Å². The summed E-state index contributed by atoms with van der Waals surface area (Å²) < 4.78 is 11.3. The molecule has 0 aliphatic carbocycles. The van der Waals surface area contributed by atoms with Gasteiger partial charge >= 0.3 is 0 Å². The van der Waals surface area contributed by atoms with Crippen LogP contribution in [0.25, 0.3) is 0 Å². The number of benzene rings is 1. The molecule has 6 nitrogen and oxygen atoms in total. The maximum absolute atomic E-state index is 9.95. The van der Waals surface area contributed by atoms with E-state index in [-0.39, 0.29) is 6.10 Å². The van der Waals surface area contributed by atoms with Crippen LogP contribution in [0.3, 0.4) is 0 Å². The number of guanidine groups is 1. The van der Waals surface area contributed by atoms with Gasteiger partial charge in [-0.1, -0.05) is 44.2 Å². The quantitative estimate of drug-likeness (QED) is 0.279. The van der Waals surface area contributed by atoms with E-state index in [4.69, 9.17) is 9.47 Å². The summed E-state index contributed by atoms with van der Waals surface area (Å²) in [5.74, 6) is 1.17. The Hall–Kier alpha value is -1.63. The predicted octanol–water partition coefficient (Wildman–Crippen LogP) is 2.74. The average Bonchev–Trinajstić information content (AvgIpc) is 2.66. The molecule has 1 aromatic carbocycles. The lowest BCUT2D eigenvalue weighted by Crippen LogP contribution is -2.39. The number of hydrogen-bond donors (Lipinski definition) is 3. The zero-order valence-corrected chi connectivity index (χ0v) is 17.3. The van der Waals surface area contributed by atoms with Crippen molar-refractivity contribution in [2.24, 2.45) is 10.9 Å². The summed E-state index contributed by atoms with van der Waals surface area (Å²) in [6, 6.07) is 10.2. The Morgan fingerprint density at radius 2 is 1.85 bits per heavy atom. The van der Waals surface area contributed by atoms with Crippen molar-refractivity contribution in [3.63, 3.8) is 0 Å². The van der Waals surface area contributed by atoms with Crippen molar-refractivity contribution < 1.29 is 14.6 Å². The van der Waals surface area contributed by atoms with Crippen LogP contribution < -0.4 is 10.6 Å². The fourth-order valence-corrected chi connectivity index (χ4v) is 2.39. The molecule has 0 saturated heterocycles. The van der Waals surface area contributed by atoms with Gasteiger partial charge in [0.2, 0.25) is 0 Å². The van der Waals surface area contributed by atoms with E-state index in [1.807, 2.05) is 25.1 Å². The molecule has 0 aliphatic rings. The summed E-state index contributed by atoms with van der Waals surface area (Å²) in [5.41, 5.74) is 1.19. The minimum Gasteiger partial charge on any atom is -0.389 e. The molecule has 1 rings (SSSR count). The Labute approximate surface area is 164 Å². The van der Waals surface area contributed by atoms with Gasteiger partial charge in [0, 0.05) is 26.3 Å². The van der Waals surface area contributed by atoms with Crippen molar-refractivity contribution in [3.05, 3.63) is 35.9 Å². The van der Waals surface area contributed by atoms with Crippen LogP contribution in [0.1, 0.15) is 45.8 Å².